The van der Waals surface area contributed by atoms with E-state index in [-0.39, 0.29) is 5.57 Å². The SMILES string of the molecule is CNc1c(I)cc(/C=C(/C#N)C(=O)Nc2ccccc2)cc1I. The fourth-order valence-corrected chi connectivity index (χ4v) is 4.31. The van der Waals surface area contributed by atoms with E-state index in [0.717, 1.165) is 18.4 Å². The molecule has 116 valence electrons. The third kappa shape index (κ3) is 4.68. The highest BCUT2D eigenvalue weighted by Gasteiger charge is 2.11. The van der Waals surface area contributed by atoms with E-state index in [4.69, 9.17) is 0 Å². The zero-order valence-electron chi connectivity index (χ0n) is 12.2. The van der Waals surface area contributed by atoms with E-state index in [1.165, 1.54) is 0 Å². The van der Waals surface area contributed by atoms with Crippen LogP contribution >= 0.6 is 45.2 Å². The minimum Gasteiger partial charge on any atom is -0.386 e. The van der Waals surface area contributed by atoms with Gasteiger partial charge in [-0.2, -0.15) is 5.26 Å². The lowest BCUT2D eigenvalue weighted by Gasteiger charge is -2.08. The largest absolute Gasteiger partial charge is 0.386 e. The predicted molar refractivity (Wildman–Crippen MR) is 110 cm³/mol. The van der Waals surface area contributed by atoms with Gasteiger partial charge in [-0.15, -0.1) is 0 Å². The van der Waals surface area contributed by atoms with E-state index in [1.807, 2.05) is 43.4 Å². The molecule has 4 nitrogen and oxygen atoms in total. The van der Waals surface area contributed by atoms with Crippen LogP contribution in [0.1, 0.15) is 5.56 Å². The number of rotatable bonds is 4. The number of carbonyl (C=O) groups excluding carboxylic acids is 1. The predicted octanol–water partition coefficient (Wildman–Crippen LogP) is 4.48. The van der Waals surface area contributed by atoms with Crippen molar-refractivity contribution in [2.45, 2.75) is 0 Å². The van der Waals surface area contributed by atoms with Crippen LogP contribution in [0.5, 0.6) is 0 Å². The van der Waals surface area contributed by atoms with Gasteiger partial charge in [-0.05, 0) is 81.1 Å². The summed E-state index contributed by atoms with van der Waals surface area (Å²) in [6, 6.07) is 14.9. The Balaban J connectivity index is 2.29. The summed E-state index contributed by atoms with van der Waals surface area (Å²) in [6.45, 7) is 0. The molecule has 0 atom stereocenters. The van der Waals surface area contributed by atoms with Gasteiger partial charge in [-0.3, -0.25) is 4.79 Å². The van der Waals surface area contributed by atoms with Gasteiger partial charge in [0.25, 0.3) is 5.91 Å². The molecule has 0 aliphatic carbocycles. The highest BCUT2D eigenvalue weighted by atomic mass is 127. The molecule has 2 aromatic carbocycles. The van der Waals surface area contributed by atoms with Crippen molar-refractivity contribution in [2.75, 3.05) is 17.7 Å². The summed E-state index contributed by atoms with van der Waals surface area (Å²) in [4.78, 5) is 12.2. The summed E-state index contributed by atoms with van der Waals surface area (Å²) in [6.07, 6.45) is 1.60. The van der Waals surface area contributed by atoms with Gasteiger partial charge in [-0.25, -0.2) is 0 Å². The number of hydrogen-bond acceptors (Lipinski definition) is 3. The molecule has 0 bridgehead atoms. The van der Waals surface area contributed by atoms with Crippen LogP contribution in [-0.4, -0.2) is 13.0 Å². The number of carbonyl (C=O) groups is 1. The first-order valence-corrected chi connectivity index (χ1v) is 8.86. The quantitative estimate of drug-likeness (QED) is 0.349. The summed E-state index contributed by atoms with van der Waals surface area (Å²) in [7, 11) is 1.86. The Bertz CT molecular complexity index is 772. The molecule has 6 heteroatoms. The number of nitriles is 1. The molecule has 0 radical (unpaired) electrons. The molecule has 0 saturated carbocycles. The summed E-state index contributed by atoms with van der Waals surface area (Å²) in [5.74, 6) is -0.415. The average molecular weight is 529 g/mol. The molecule has 1 amide bonds. The molecular formula is C17H13I2N3O. The van der Waals surface area contributed by atoms with Crippen molar-refractivity contribution in [3.63, 3.8) is 0 Å². The summed E-state index contributed by atoms with van der Waals surface area (Å²) >= 11 is 4.45. The van der Waals surface area contributed by atoms with Crippen molar-refractivity contribution < 1.29 is 4.79 Å². The molecule has 2 rings (SSSR count). The Morgan fingerprint density at radius 1 is 1.17 bits per heavy atom. The minimum atomic E-state index is -0.415. The highest BCUT2D eigenvalue weighted by Crippen LogP contribution is 2.27. The van der Waals surface area contributed by atoms with Gasteiger partial charge in [0.05, 0.1) is 5.69 Å². The third-order valence-electron chi connectivity index (χ3n) is 3.02. The van der Waals surface area contributed by atoms with Crippen LogP contribution in [0.15, 0.2) is 48.0 Å². The van der Waals surface area contributed by atoms with Crippen molar-refractivity contribution in [2.24, 2.45) is 0 Å². The number of anilines is 2. The van der Waals surface area contributed by atoms with Gasteiger partial charge < -0.3 is 10.6 Å². The smallest absolute Gasteiger partial charge is 0.266 e. The van der Waals surface area contributed by atoms with Gasteiger partial charge in [0, 0.05) is 19.9 Å². The Kier molecular flexibility index (Phi) is 6.41. The first-order chi connectivity index (χ1) is 11.0. The number of halogens is 2. The van der Waals surface area contributed by atoms with Crippen LogP contribution in [0, 0.1) is 18.5 Å². The molecule has 0 aromatic heterocycles. The Labute approximate surface area is 162 Å². The standard InChI is InChI=1S/C17H13I2N3O/c1-21-16-14(18)8-11(9-15(16)19)7-12(10-20)17(23)22-13-5-3-2-4-6-13/h2-9,21H,1H3,(H,22,23)/b12-7-. The van der Waals surface area contributed by atoms with E-state index >= 15 is 0 Å². The first kappa shape index (κ1) is 17.7. The zero-order chi connectivity index (χ0) is 16.8. The van der Waals surface area contributed by atoms with Crippen LogP contribution in [0.3, 0.4) is 0 Å². The molecule has 0 aliphatic heterocycles. The number of nitrogens with one attached hydrogen (secondary N) is 2. The van der Waals surface area contributed by atoms with Crippen molar-refractivity contribution in [1.82, 2.24) is 0 Å². The van der Waals surface area contributed by atoms with E-state index in [1.54, 1.807) is 18.2 Å². The fourth-order valence-electron chi connectivity index (χ4n) is 1.95. The molecule has 0 heterocycles. The van der Waals surface area contributed by atoms with Crippen molar-refractivity contribution in [3.8, 4) is 6.07 Å². The van der Waals surface area contributed by atoms with Crippen molar-refractivity contribution >= 4 is 68.5 Å². The maximum Gasteiger partial charge on any atom is 0.266 e. The molecule has 2 N–H and O–H groups in total. The van der Waals surface area contributed by atoms with Crippen LogP contribution < -0.4 is 10.6 Å². The molecule has 2 aromatic rings. The van der Waals surface area contributed by atoms with E-state index < -0.39 is 5.91 Å². The van der Waals surface area contributed by atoms with Gasteiger partial charge >= 0.3 is 0 Å². The molecule has 0 saturated heterocycles. The third-order valence-corrected chi connectivity index (χ3v) is 4.72. The summed E-state index contributed by atoms with van der Waals surface area (Å²) in [5, 5.41) is 15.1. The van der Waals surface area contributed by atoms with Crippen molar-refractivity contribution in [3.05, 3.63) is 60.7 Å². The van der Waals surface area contributed by atoms with Crippen LogP contribution in [0.4, 0.5) is 11.4 Å². The number of nitrogens with zero attached hydrogens (tertiary/aromatic N) is 1. The molecule has 0 unspecified atom stereocenters. The zero-order valence-corrected chi connectivity index (χ0v) is 16.5. The number of para-hydroxylation sites is 1. The fraction of sp³-hybridized carbons (Fsp3) is 0.0588. The molecular weight excluding hydrogens is 516 g/mol. The maximum atomic E-state index is 12.2. The number of amides is 1. The molecule has 23 heavy (non-hydrogen) atoms. The number of benzene rings is 2. The minimum absolute atomic E-state index is 0.0673. The monoisotopic (exact) mass is 529 g/mol. The van der Waals surface area contributed by atoms with Crippen LogP contribution in [-0.2, 0) is 4.79 Å². The second kappa shape index (κ2) is 8.31. The highest BCUT2D eigenvalue weighted by molar-refractivity contribution is 14.1. The van der Waals surface area contributed by atoms with Gasteiger partial charge in [0.15, 0.2) is 0 Å². The van der Waals surface area contributed by atoms with E-state index in [0.29, 0.717) is 5.69 Å². The summed E-state index contributed by atoms with van der Waals surface area (Å²) < 4.78 is 2.06. The van der Waals surface area contributed by atoms with E-state index in [2.05, 4.69) is 55.8 Å². The Morgan fingerprint density at radius 2 is 1.78 bits per heavy atom. The Morgan fingerprint density at radius 3 is 2.30 bits per heavy atom. The average Bonchev–Trinajstić information content (AvgIpc) is 2.53. The first-order valence-electron chi connectivity index (χ1n) is 6.70. The van der Waals surface area contributed by atoms with Crippen LogP contribution in [0.25, 0.3) is 6.08 Å². The lowest BCUT2D eigenvalue weighted by Crippen LogP contribution is -2.13. The topological polar surface area (TPSA) is 64.9 Å². The molecule has 0 spiro atoms. The van der Waals surface area contributed by atoms with Gasteiger partial charge in [0.1, 0.15) is 11.6 Å². The second-order valence-electron chi connectivity index (χ2n) is 4.60. The van der Waals surface area contributed by atoms with E-state index in [9.17, 15) is 10.1 Å². The van der Waals surface area contributed by atoms with Crippen LogP contribution in [0.2, 0.25) is 0 Å². The Hall–Kier alpha value is -1.60. The molecule has 0 fully saturated rings. The van der Waals surface area contributed by atoms with Gasteiger partial charge in [-0.1, -0.05) is 18.2 Å². The maximum absolute atomic E-state index is 12.2. The van der Waals surface area contributed by atoms with Gasteiger partial charge in [0.2, 0.25) is 0 Å². The molecule has 0 aliphatic rings. The number of hydrogen-bond donors (Lipinski definition) is 2. The second-order valence-corrected chi connectivity index (χ2v) is 6.92. The van der Waals surface area contributed by atoms with Crippen molar-refractivity contribution in [1.29, 1.82) is 5.26 Å². The lowest BCUT2D eigenvalue weighted by molar-refractivity contribution is -0.112. The lowest BCUT2D eigenvalue weighted by atomic mass is 10.1. The summed E-state index contributed by atoms with van der Waals surface area (Å²) in [5.41, 5.74) is 2.58. The normalized spacial score (nSPS) is 10.8.